The number of phenolic OH excluding ortho intramolecular Hbond substituents is 1. The van der Waals surface area contributed by atoms with Crippen molar-refractivity contribution in [2.45, 2.75) is 39.8 Å². The molecule has 5 N–H and O–H groups in total. The first-order valence-electron chi connectivity index (χ1n) is 9.61. The zero-order valence-corrected chi connectivity index (χ0v) is 18.7. The molecule has 0 bridgehead atoms. The van der Waals surface area contributed by atoms with E-state index in [4.69, 9.17) is 10.5 Å². The molecule has 0 saturated carbocycles. The van der Waals surface area contributed by atoms with Gasteiger partial charge in [0.2, 0.25) is 0 Å². The lowest BCUT2D eigenvalue weighted by atomic mass is 10.1. The van der Waals surface area contributed by atoms with E-state index in [9.17, 15) is 14.7 Å². The van der Waals surface area contributed by atoms with Crippen molar-refractivity contribution in [3.8, 4) is 11.5 Å². The molecule has 1 aromatic heterocycles. The van der Waals surface area contributed by atoms with Crippen LogP contribution in [0.3, 0.4) is 0 Å². The first kappa shape index (κ1) is 23.4. The molecule has 0 unspecified atom stereocenters. The van der Waals surface area contributed by atoms with E-state index in [1.54, 1.807) is 5.38 Å². The molecular weight excluding hydrogens is 406 g/mol. The summed E-state index contributed by atoms with van der Waals surface area (Å²) in [5.74, 6) is -0.901. The number of anilines is 2. The number of carbonyl (C=O) groups is 2. The summed E-state index contributed by atoms with van der Waals surface area (Å²) in [6.45, 7) is 9.69. The van der Waals surface area contributed by atoms with Crippen LogP contribution in [-0.4, -0.2) is 59.1 Å². The van der Waals surface area contributed by atoms with Gasteiger partial charge in [0.05, 0.1) is 18.4 Å². The highest BCUT2D eigenvalue weighted by atomic mass is 32.1. The number of amides is 2. The molecule has 9 nitrogen and oxygen atoms in total. The number of phenols is 1. The van der Waals surface area contributed by atoms with Gasteiger partial charge in [0.15, 0.2) is 5.13 Å². The highest BCUT2D eigenvalue weighted by Gasteiger charge is 2.18. The van der Waals surface area contributed by atoms with E-state index < -0.39 is 5.91 Å². The van der Waals surface area contributed by atoms with Crippen molar-refractivity contribution in [1.82, 2.24) is 15.2 Å². The molecule has 1 aromatic carbocycles. The highest BCUT2D eigenvalue weighted by molar-refractivity contribution is 7.14. The third-order valence-electron chi connectivity index (χ3n) is 4.53. The summed E-state index contributed by atoms with van der Waals surface area (Å²) in [4.78, 5) is 31.2. The molecule has 0 atom stereocenters. The van der Waals surface area contributed by atoms with Crippen LogP contribution < -0.4 is 21.1 Å². The van der Waals surface area contributed by atoms with Gasteiger partial charge in [-0.25, -0.2) is 4.98 Å². The van der Waals surface area contributed by atoms with Gasteiger partial charge < -0.3 is 20.9 Å². The van der Waals surface area contributed by atoms with Crippen molar-refractivity contribution in [1.29, 1.82) is 0 Å². The van der Waals surface area contributed by atoms with Crippen molar-refractivity contribution in [2.24, 2.45) is 0 Å². The third-order valence-corrected chi connectivity index (χ3v) is 5.29. The Labute approximate surface area is 180 Å². The van der Waals surface area contributed by atoms with Crippen molar-refractivity contribution in [2.75, 3.05) is 31.2 Å². The van der Waals surface area contributed by atoms with Gasteiger partial charge in [-0.05, 0) is 33.8 Å². The van der Waals surface area contributed by atoms with Gasteiger partial charge in [-0.1, -0.05) is 0 Å². The van der Waals surface area contributed by atoms with Gasteiger partial charge in [0.1, 0.15) is 17.2 Å². The Morgan fingerprint density at radius 1 is 1.23 bits per heavy atom. The fourth-order valence-electron chi connectivity index (χ4n) is 3.05. The van der Waals surface area contributed by atoms with Crippen LogP contribution in [0, 0.1) is 0 Å². The maximum atomic E-state index is 12.4. The van der Waals surface area contributed by atoms with Gasteiger partial charge in [-0.3, -0.25) is 19.8 Å². The number of aromatic nitrogens is 1. The summed E-state index contributed by atoms with van der Waals surface area (Å²) in [6.07, 6.45) is 0. The lowest BCUT2D eigenvalue weighted by molar-refractivity contribution is 0.0934. The second-order valence-corrected chi connectivity index (χ2v) is 8.14. The number of thiazole rings is 1. The number of aromatic hydroxyl groups is 1. The van der Waals surface area contributed by atoms with E-state index >= 15 is 0 Å². The molecule has 0 aliphatic rings. The van der Waals surface area contributed by atoms with Crippen LogP contribution in [0.1, 0.15) is 48.5 Å². The number of rotatable bonds is 9. The number of hydrogen-bond acceptors (Lipinski definition) is 8. The van der Waals surface area contributed by atoms with E-state index in [1.165, 1.54) is 19.2 Å². The smallest absolute Gasteiger partial charge is 0.270 e. The average Bonchev–Trinajstić information content (AvgIpc) is 3.14. The quantitative estimate of drug-likeness (QED) is 0.352. The van der Waals surface area contributed by atoms with E-state index in [0.29, 0.717) is 18.6 Å². The summed E-state index contributed by atoms with van der Waals surface area (Å²) in [6, 6.07) is 3.35. The van der Waals surface area contributed by atoms with Crippen molar-refractivity contribution in [3.05, 3.63) is 28.8 Å². The number of nitrogen functional groups attached to an aromatic ring is 1. The van der Waals surface area contributed by atoms with Crippen molar-refractivity contribution < 1.29 is 19.4 Å². The monoisotopic (exact) mass is 435 g/mol. The van der Waals surface area contributed by atoms with Crippen LogP contribution in [-0.2, 0) is 0 Å². The number of methoxy groups -OCH3 is 1. The summed E-state index contributed by atoms with van der Waals surface area (Å²) in [5.41, 5.74) is 6.21. The number of nitrogens with zero attached hydrogens (tertiary/aromatic N) is 2. The molecule has 2 amide bonds. The molecule has 0 aliphatic carbocycles. The molecule has 0 radical (unpaired) electrons. The SMILES string of the molecule is COc1cc(O)c(C(=O)Nc2nc(C(=O)NCCN(C(C)C)C(C)C)cs2)cc1N. The maximum Gasteiger partial charge on any atom is 0.270 e. The molecule has 0 saturated heterocycles. The van der Waals surface area contributed by atoms with Crippen molar-refractivity contribution in [3.63, 3.8) is 0 Å². The predicted molar refractivity (Wildman–Crippen MR) is 118 cm³/mol. The summed E-state index contributed by atoms with van der Waals surface area (Å²) in [7, 11) is 1.41. The summed E-state index contributed by atoms with van der Waals surface area (Å²) < 4.78 is 5.01. The zero-order chi connectivity index (χ0) is 22.4. The normalized spacial score (nSPS) is 11.2. The van der Waals surface area contributed by atoms with Gasteiger partial charge >= 0.3 is 0 Å². The van der Waals surface area contributed by atoms with Crippen LogP contribution in [0.15, 0.2) is 17.5 Å². The van der Waals surface area contributed by atoms with Crippen LogP contribution in [0.2, 0.25) is 0 Å². The molecular formula is C20H29N5O4S. The zero-order valence-electron chi connectivity index (χ0n) is 17.9. The minimum absolute atomic E-state index is 0.0167. The topological polar surface area (TPSA) is 130 Å². The van der Waals surface area contributed by atoms with Crippen LogP contribution in [0.25, 0.3) is 0 Å². The number of hydrogen-bond donors (Lipinski definition) is 4. The Morgan fingerprint density at radius 2 is 1.90 bits per heavy atom. The van der Waals surface area contributed by atoms with Gasteiger partial charge in [-0.2, -0.15) is 0 Å². The largest absolute Gasteiger partial charge is 0.507 e. The van der Waals surface area contributed by atoms with Gasteiger partial charge in [0.25, 0.3) is 11.8 Å². The summed E-state index contributed by atoms with van der Waals surface area (Å²) >= 11 is 1.12. The molecule has 1 heterocycles. The number of carbonyl (C=O) groups excluding carboxylic acids is 2. The molecule has 164 valence electrons. The molecule has 0 fully saturated rings. The van der Waals surface area contributed by atoms with Gasteiger partial charge in [-0.15, -0.1) is 11.3 Å². The minimum atomic E-state index is -0.590. The number of ether oxygens (including phenoxy) is 1. The predicted octanol–water partition coefficient (Wildman–Crippen LogP) is 2.54. The Balaban J connectivity index is 1.97. The highest BCUT2D eigenvalue weighted by Crippen LogP contribution is 2.30. The summed E-state index contributed by atoms with van der Waals surface area (Å²) in [5, 5.41) is 17.2. The van der Waals surface area contributed by atoms with Crippen LogP contribution >= 0.6 is 11.3 Å². The molecule has 10 heteroatoms. The Morgan fingerprint density at radius 3 is 2.50 bits per heavy atom. The van der Waals surface area contributed by atoms with E-state index in [-0.39, 0.29) is 39.5 Å². The van der Waals surface area contributed by atoms with Crippen LogP contribution in [0.4, 0.5) is 10.8 Å². The van der Waals surface area contributed by atoms with E-state index in [0.717, 1.165) is 17.9 Å². The maximum absolute atomic E-state index is 12.4. The minimum Gasteiger partial charge on any atom is -0.507 e. The fraction of sp³-hybridized carbons (Fsp3) is 0.450. The Kier molecular flexibility index (Phi) is 8.01. The first-order valence-corrected chi connectivity index (χ1v) is 10.5. The molecule has 0 spiro atoms. The van der Waals surface area contributed by atoms with Gasteiger partial charge in [0, 0.05) is 36.6 Å². The lowest BCUT2D eigenvalue weighted by Gasteiger charge is -2.30. The second-order valence-electron chi connectivity index (χ2n) is 7.28. The fourth-order valence-corrected chi connectivity index (χ4v) is 3.73. The Bertz CT molecular complexity index is 889. The van der Waals surface area contributed by atoms with Crippen LogP contribution in [0.5, 0.6) is 11.5 Å². The second kappa shape index (κ2) is 10.3. The average molecular weight is 436 g/mol. The molecule has 0 aliphatic heterocycles. The standard InChI is InChI=1S/C20H29N5O4S/c1-11(2)25(12(3)4)7-6-22-19(28)15-10-30-20(23-15)24-18(27)13-8-14(21)17(29-5)9-16(13)26/h8-12,26H,6-7,21H2,1-5H3,(H,22,28)(H,23,24,27). The molecule has 2 rings (SSSR count). The van der Waals surface area contributed by atoms with E-state index in [1.807, 2.05) is 0 Å². The molecule has 2 aromatic rings. The third kappa shape index (κ3) is 5.83. The number of nitrogens with two attached hydrogens (primary N) is 1. The molecule has 30 heavy (non-hydrogen) atoms. The number of nitrogens with one attached hydrogen (secondary N) is 2. The lowest BCUT2D eigenvalue weighted by Crippen LogP contribution is -2.42. The van der Waals surface area contributed by atoms with Crippen molar-refractivity contribution >= 4 is 34.0 Å². The Hall–Kier alpha value is -2.85. The number of benzene rings is 1. The van der Waals surface area contributed by atoms with E-state index in [2.05, 4.69) is 48.2 Å². The first-order chi connectivity index (χ1) is 14.1.